The van der Waals surface area contributed by atoms with E-state index in [0.29, 0.717) is 0 Å². The van der Waals surface area contributed by atoms with E-state index >= 15 is 0 Å². The molecule has 0 aromatic heterocycles. The summed E-state index contributed by atoms with van der Waals surface area (Å²) in [7, 11) is 0. The molecule has 0 atom stereocenters. The summed E-state index contributed by atoms with van der Waals surface area (Å²) in [4.78, 5) is 41.4. The van der Waals surface area contributed by atoms with Crippen molar-refractivity contribution in [1.82, 2.24) is 0 Å². The number of hydrogen-bond acceptors (Lipinski definition) is 7. The molecule has 6 aromatic carbocycles. The zero-order chi connectivity index (χ0) is 35.4. The SMILES string of the molecule is O=C(O)c1cc(OCc2ccccc2)cc(OCc2ccccc2)c1C(=O)c1c(OCc2ccccc2)cccc1C(=O)OCc1ccccc1. The Morgan fingerprint density at radius 1 is 0.451 bits per heavy atom. The van der Waals surface area contributed by atoms with E-state index < -0.39 is 17.7 Å². The zero-order valence-electron chi connectivity index (χ0n) is 27.6. The van der Waals surface area contributed by atoms with Crippen LogP contribution in [0.4, 0.5) is 0 Å². The third-order valence-corrected chi connectivity index (χ3v) is 7.94. The number of esters is 1. The molecule has 0 amide bonds. The normalized spacial score (nSPS) is 10.6. The molecule has 6 aromatic rings. The number of hydrogen-bond donors (Lipinski definition) is 1. The second-order valence-electron chi connectivity index (χ2n) is 11.5. The molecule has 0 bridgehead atoms. The van der Waals surface area contributed by atoms with E-state index in [2.05, 4.69) is 0 Å². The molecule has 0 spiro atoms. The molecule has 8 nitrogen and oxygen atoms in total. The number of benzene rings is 6. The van der Waals surface area contributed by atoms with Crippen molar-refractivity contribution >= 4 is 17.7 Å². The van der Waals surface area contributed by atoms with Crippen molar-refractivity contribution in [2.75, 3.05) is 0 Å². The van der Waals surface area contributed by atoms with E-state index in [-0.39, 0.29) is 65.9 Å². The van der Waals surface area contributed by atoms with Gasteiger partial charge in [-0.25, -0.2) is 9.59 Å². The van der Waals surface area contributed by atoms with Crippen LogP contribution in [0.1, 0.15) is 58.9 Å². The first-order valence-electron chi connectivity index (χ1n) is 16.3. The van der Waals surface area contributed by atoms with E-state index in [1.807, 2.05) is 121 Å². The van der Waals surface area contributed by atoms with Crippen molar-refractivity contribution in [3.63, 3.8) is 0 Å². The molecular formula is C43H34O8. The van der Waals surface area contributed by atoms with Crippen LogP contribution in [-0.2, 0) is 31.2 Å². The lowest BCUT2D eigenvalue weighted by molar-refractivity contribution is 0.0469. The summed E-state index contributed by atoms with van der Waals surface area (Å²) in [6.07, 6.45) is 0. The van der Waals surface area contributed by atoms with Gasteiger partial charge in [-0.1, -0.05) is 127 Å². The molecule has 0 saturated heterocycles. The van der Waals surface area contributed by atoms with Crippen molar-refractivity contribution in [2.45, 2.75) is 26.4 Å². The fourth-order valence-corrected chi connectivity index (χ4v) is 5.38. The topological polar surface area (TPSA) is 108 Å². The molecular weight excluding hydrogens is 644 g/mol. The first-order chi connectivity index (χ1) is 25.0. The number of carbonyl (C=O) groups excluding carboxylic acids is 2. The van der Waals surface area contributed by atoms with Gasteiger partial charge in [0.1, 0.15) is 43.7 Å². The maximum absolute atomic E-state index is 14.9. The van der Waals surface area contributed by atoms with Gasteiger partial charge < -0.3 is 24.1 Å². The number of carboxylic acids is 1. The maximum Gasteiger partial charge on any atom is 0.339 e. The Balaban J connectivity index is 1.43. The van der Waals surface area contributed by atoms with Gasteiger partial charge in [-0.3, -0.25) is 4.79 Å². The number of carboxylic acid groups (broad SMARTS) is 1. The molecule has 1 N–H and O–H groups in total. The Kier molecular flexibility index (Phi) is 11.2. The standard InChI is InChI=1S/C43H34O8/c44-41(39-35(43(47)51-29-33-20-11-4-12-21-33)22-13-23-37(39)49-27-31-16-7-2-8-17-31)40-36(42(45)46)24-34(48-26-30-14-5-1-6-15-30)25-38(40)50-28-32-18-9-3-10-19-32/h1-25H,26-29H2,(H,45,46). The summed E-state index contributed by atoms with van der Waals surface area (Å²) < 4.78 is 24.0. The Bertz CT molecular complexity index is 2100. The van der Waals surface area contributed by atoms with Gasteiger partial charge in [0.15, 0.2) is 0 Å². The predicted molar refractivity (Wildman–Crippen MR) is 191 cm³/mol. The molecule has 0 heterocycles. The number of carbonyl (C=O) groups is 3. The van der Waals surface area contributed by atoms with Gasteiger partial charge in [0.05, 0.1) is 22.3 Å². The molecule has 6 rings (SSSR count). The lowest BCUT2D eigenvalue weighted by atomic mass is 9.93. The third-order valence-electron chi connectivity index (χ3n) is 7.94. The Morgan fingerprint density at radius 3 is 1.41 bits per heavy atom. The molecule has 0 aliphatic rings. The van der Waals surface area contributed by atoms with Gasteiger partial charge in [-0.05, 0) is 40.5 Å². The third kappa shape index (κ3) is 8.87. The Labute approximate surface area is 295 Å². The molecule has 0 aliphatic heterocycles. The molecule has 51 heavy (non-hydrogen) atoms. The molecule has 0 aliphatic carbocycles. The quantitative estimate of drug-likeness (QED) is 0.0849. The molecule has 254 valence electrons. The van der Waals surface area contributed by atoms with Crippen LogP contribution in [0.25, 0.3) is 0 Å². The molecule has 0 radical (unpaired) electrons. The van der Waals surface area contributed by atoms with E-state index in [1.54, 1.807) is 12.1 Å². The van der Waals surface area contributed by atoms with Crippen molar-refractivity contribution in [3.8, 4) is 17.2 Å². The van der Waals surface area contributed by atoms with Gasteiger partial charge in [0, 0.05) is 6.07 Å². The zero-order valence-corrected chi connectivity index (χ0v) is 27.6. The smallest absolute Gasteiger partial charge is 0.339 e. The largest absolute Gasteiger partial charge is 0.489 e. The minimum atomic E-state index is -1.39. The van der Waals surface area contributed by atoms with Crippen molar-refractivity contribution in [1.29, 1.82) is 0 Å². The molecule has 0 saturated carbocycles. The summed E-state index contributed by atoms with van der Waals surface area (Å²) >= 11 is 0. The van der Waals surface area contributed by atoms with Crippen molar-refractivity contribution in [2.24, 2.45) is 0 Å². The molecule has 0 fully saturated rings. The monoisotopic (exact) mass is 678 g/mol. The van der Waals surface area contributed by atoms with Gasteiger partial charge in [0.25, 0.3) is 0 Å². The van der Waals surface area contributed by atoms with E-state index in [4.69, 9.17) is 18.9 Å². The van der Waals surface area contributed by atoms with Crippen LogP contribution in [0.3, 0.4) is 0 Å². The number of aromatic carboxylic acids is 1. The first kappa shape index (κ1) is 34.2. The van der Waals surface area contributed by atoms with Gasteiger partial charge in [-0.2, -0.15) is 0 Å². The molecule has 0 unspecified atom stereocenters. The summed E-state index contributed by atoms with van der Waals surface area (Å²) in [6, 6.07) is 44.5. The van der Waals surface area contributed by atoms with Crippen LogP contribution in [-0.4, -0.2) is 22.8 Å². The predicted octanol–water partition coefficient (Wildman–Crippen LogP) is 8.71. The van der Waals surface area contributed by atoms with Crippen LogP contribution in [0.15, 0.2) is 152 Å². The number of rotatable bonds is 15. The second-order valence-corrected chi connectivity index (χ2v) is 11.5. The lowest BCUT2D eigenvalue weighted by Gasteiger charge is -2.19. The Hall–Kier alpha value is -6.67. The summed E-state index contributed by atoms with van der Waals surface area (Å²) in [6.45, 7) is 0.222. The van der Waals surface area contributed by atoms with E-state index in [0.717, 1.165) is 22.3 Å². The van der Waals surface area contributed by atoms with Crippen molar-refractivity contribution in [3.05, 3.63) is 196 Å². The van der Waals surface area contributed by atoms with E-state index in [1.165, 1.54) is 18.2 Å². The van der Waals surface area contributed by atoms with Crippen LogP contribution in [0, 0.1) is 0 Å². The number of ketones is 1. The fraction of sp³-hybridized carbons (Fsp3) is 0.0930. The van der Waals surface area contributed by atoms with E-state index in [9.17, 15) is 19.5 Å². The maximum atomic E-state index is 14.9. The highest BCUT2D eigenvalue weighted by atomic mass is 16.5. The van der Waals surface area contributed by atoms with Crippen LogP contribution >= 0.6 is 0 Å². The minimum Gasteiger partial charge on any atom is -0.489 e. The summed E-state index contributed by atoms with van der Waals surface area (Å²) in [5, 5.41) is 10.5. The van der Waals surface area contributed by atoms with Gasteiger partial charge in [-0.15, -0.1) is 0 Å². The minimum absolute atomic E-state index is 0.0282. The second kappa shape index (κ2) is 16.6. The average molecular weight is 679 g/mol. The van der Waals surface area contributed by atoms with Gasteiger partial charge in [0.2, 0.25) is 5.78 Å². The average Bonchev–Trinajstić information content (AvgIpc) is 3.18. The van der Waals surface area contributed by atoms with Crippen LogP contribution in [0.2, 0.25) is 0 Å². The van der Waals surface area contributed by atoms with Crippen LogP contribution in [0.5, 0.6) is 17.2 Å². The van der Waals surface area contributed by atoms with Crippen molar-refractivity contribution < 1.29 is 38.4 Å². The highest BCUT2D eigenvalue weighted by Crippen LogP contribution is 2.36. The lowest BCUT2D eigenvalue weighted by Crippen LogP contribution is -2.18. The highest BCUT2D eigenvalue weighted by molar-refractivity contribution is 6.20. The fourth-order valence-electron chi connectivity index (χ4n) is 5.38. The first-order valence-corrected chi connectivity index (χ1v) is 16.3. The molecule has 8 heteroatoms. The Morgan fingerprint density at radius 2 is 0.902 bits per heavy atom. The summed E-state index contributed by atoms with van der Waals surface area (Å²) in [5.41, 5.74) is 2.36. The number of ether oxygens (including phenoxy) is 4. The highest BCUT2D eigenvalue weighted by Gasteiger charge is 2.31. The summed E-state index contributed by atoms with van der Waals surface area (Å²) in [5.74, 6) is -2.73. The van der Waals surface area contributed by atoms with Gasteiger partial charge >= 0.3 is 11.9 Å². The van der Waals surface area contributed by atoms with Crippen LogP contribution < -0.4 is 14.2 Å².